The molecule has 42 heavy (non-hydrogen) atoms. The number of aryl methyl sites for hydroxylation is 1. The second kappa shape index (κ2) is 9.17. The summed E-state index contributed by atoms with van der Waals surface area (Å²) < 4.78 is 15.4. The molecule has 0 radical (unpaired) electrons. The van der Waals surface area contributed by atoms with Crippen molar-refractivity contribution in [3.8, 4) is 40.3 Å². The van der Waals surface area contributed by atoms with Crippen LogP contribution in [0.4, 0.5) is 0 Å². The minimum Gasteiger partial charge on any atom is -0.507 e. The quantitative estimate of drug-likeness (QED) is 0.268. The minimum atomic E-state index is -0.300. The molecule has 1 aliphatic rings. The van der Waals surface area contributed by atoms with Crippen LogP contribution in [0.3, 0.4) is 0 Å². The Bertz CT molecular complexity index is 2130. The van der Waals surface area contributed by atoms with E-state index in [4.69, 9.17) is 24.7 Å². The molecule has 1 unspecified atom stereocenters. The highest BCUT2D eigenvalue weighted by Gasteiger charge is 2.38. The first-order valence-corrected chi connectivity index (χ1v) is 13.5. The molecule has 0 saturated heterocycles. The number of nitrogens with zero attached hydrogens (tertiary/aromatic N) is 6. The van der Waals surface area contributed by atoms with E-state index >= 15 is 0 Å². The van der Waals surface area contributed by atoms with Crippen LogP contribution in [-0.4, -0.2) is 41.6 Å². The van der Waals surface area contributed by atoms with Crippen molar-refractivity contribution in [1.82, 2.24) is 29.4 Å². The zero-order valence-corrected chi connectivity index (χ0v) is 22.8. The maximum atomic E-state index is 10.9. The van der Waals surface area contributed by atoms with Gasteiger partial charge in [0.15, 0.2) is 11.5 Å². The molecule has 0 aliphatic carbocycles. The number of rotatable bonds is 4. The van der Waals surface area contributed by atoms with Crippen LogP contribution < -0.4 is 9.47 Å². The third kappa shape index (κ3) is 3.63. The maximum absolute atomic E-state index is 10.9. The van der Waals surface area contributed by atoms with E-state index in [1.165, 1.54) is 0 Å². The normalized spacial score (nSPS) is 14.0. The fraction of sp³-hybridized carbons (Fsp3) is 0.0909. The summed E-state index contributed by atoms with van der Waals surface area (Å²) in [5.41, 5.74) is 5.53. The Morgan fingerprint density at radius 2 is 1.60 bits per heavy atom. The van der Waals surface area contributed by atoms with Gasteiger partial charge in [-0.25, -0.2) is 19.2 Å². The van der Waals surface area contributed by atoms with Gasteiger partial charge in [-0.15, -0.1) is 5.10 Å². The molecular weight excluding hydrogens is 528 g/mol. The second-order valence-corrected chi connectivity index (χ2v) is 10.2. The average molecular weight is 553 g/mol. The van der Waals surface area contributed by atoms with Crippen LogP contribution >= 0.6 is 0 Å². The number of benzene rings is 4. The van der Waals surface area contributed by atoms with E-state index in [1.54, 1.807) is 24.0 Å². The Morgan fingerprint density at radius 3 is 2.36 bits per heavy atom. The Balaban J connectivity index is 1.36. The number of methoxy groups -OCH3 is 1. The number of phenolic OH excluding ortho intramolecular Hbond substituents is 1. The van der Waals surface area contributed by atoms with Crippen LogP contribution in [0.5, 0.6) is 23.3 Å². The van der Waals surface area contributed by atoms with Crippen LogP contribution in [0.2, 0.25) is 0 Å². The highest BCUT2D eigenvalue weighted by Crippen LogP contribution is 2.50. The summed E-state index contributed by atoms with van der Waals surface area (Å²) in [4.78, 5) is 9.65. The Labute approximate surface area is 240 Å². The van der Waals surface area contributed by atoms with E-state index < -0.39 is 0 Å². The number of ether oxygens (including phenoxy) is 2. The van der Waals surface area contributed by atoms with Crippen molar-refractivity contribution < 1.29 is 14.6 Å². The fourth-order valence-corrected chi connectivity index (χ4v) is 5.77. The monoisotopic (exact) mass is 552 g/mol. The SMILES string of the molecule is COc1ccc(C2c3c(C)nn(-c4ccccc4)c3Oc3ncn4nc(-c5cc6ccccc6cc5O)nc4c32)cc1. The molecule has 7 aromatic rings. The molecule has 4 aromatic carbocycles. The van der Waals surface area contributed by atoms with Crippen molar-refractivity contribution in [2.45, 2.75) is 12.8 Å². The molecule has 9 nitrogen and oxygen atoms in total. The van der Waals surface area contributed by atoms with Gasteiger partial charge in [0.05, 0.1) is 41.1 Å². The van der Waals surface area contributed by atoms with Crippen LogP contribution in [-0.2, 0) is 0 Å². The summed E-state index contributed by atoms with van der Waals surface area (Å²) in [5, 5.41) is 22.5. The molecule has 1 N–H and O–H groups in total. The number of fused-ring (bicyclic) bond motifs is 5. The fourth-order valence-electron chi connectivity index (χ4n) is 5.77. The molecule has 0 fully saturated rings. The van der Waals surface area contributed by atoms with Gasteiger partial charge < -0.3 is 14.6 Å². The third-order valence-electron chi connectivity index (χ3n) is 7.78. The number of para-hydroxylation sites is 1. The van der Waals surface area contributed by atoms with Crippen LogP contribution in [0, 0.1) is 6.92 Å². The molecule has 3 aromatic heterocycles. The van der Waals surface area contributed by atoms with E-state index in [0.717, 1.165) is 44.6 Å². The van der Waals surface area contributed by atoms with Gasteiger partial charge in [0.2, 0.25) is 11.8 Å². The smallest absolute Gasteiger partial charge is 0.230 e. The summed E-state index contributed by atoms with van der Waals surface area (Å²) in [6, 6.07) is 29.4. The lowest BCUT2D eigenvalue weighted by atomic mass is 9.84. The number of aromatic nitrogens is 6. The van der Waals surface area contributed by atoms with Gasteiger partial charge in [0, 0.05) is 0 Å². The lowest BCUT2D eigenvalue weighted by Gasteiger charge is -2.26. The average Bonchev–Trinajstić information content (AvgIpc) is 3.61. The molecule has 1 atom stereocenters. The number of hydrogen-bond donors (Lipinski definition) is 1. The van der Waals surface area contributed by atoms with Crippen LogP contribution in [0.1, 0.15) is 28.3 Å². The van der Waals surface area contributed by atoms with Crippen molar-refractivity contribution in [2.75, 3.05) is 7.11 Å². The lowest BCUT2D eigenvalue weighted by Crippen LogP contribution is -2.16. The van der Waals surface area contributed by atoms with Gasteiger partial charge in [-0.05, 0) is 59.7 Å². The molecule has 204 valence electrons. The van der Waals surface area contributed by atoms with Crippen molar-refractivity contribution in [3.63, 3.8) is 0 Å². The van der Waals surface area contributed by atoms with E-state index in [-0.39, 0.29) is 11.7 Å². The Hall–Kier alpha value is -5.70. The van der Waals surface area contributed by atoms with Crippen molar-refractivity contribution in [3.05, 3.63) is 120 Å². The van der Waals surface area contributed by atoms with Crippen LogP contribution in [0.15, 0.2) is 97.3 Å². The largest absolute Gasteiger partial charge is 0.507 e. The van der Waals surface area contributed by atoms with Crippen molar-refractivity contribution in [1.29, 1.82) is 0 Å². The molecule has 4 heterocycles. The zero-order valence-electron chi connectivity index (χ0n) is 22.8. The summed E-state index contributed by atoms with van der Waals surface area (Å²) in [6.07, 6.45) is 1.59. The first-order chi connectivity index (χ1) is 20.6. The number of aromatic hydroxyl groups is 1. The van der Waals surface area contributed by atoms with Gasteiger partial charge >= 0.3 is 0 Å². The summed E-state index contributed by atoms with van der Waals surface area (Å²) in [6.45, 7) is 1.99. The van der Waals surface area contributed by atoms with Gasteiger partial charge in [0.1, 0.15) is 17.8 Å². The zero-order chi connectivity index (χ0) is 28.4. The molecule has 0 saturated carbocycles. The minimum absolute atomic E-state index is 0.108. The third-order valence-corrected chi connectivity index (χ3v) is 7.78. The summed E-state index contributed by atoms with van der Waals surface area (Å²) in [5.74, 6) is 1.99. The Kier molecular flexibility index (Phi) is 5.27. The highest BCUT2D eigenvalue weighted by molar-refractivity contribution is 5.89. The topological polar surface area (TPSA) is 99.6 Å². The lowest BCUT2D eigenvalue weighted by molar-refractivity contribution is 0.402. The van der Waals surface area contributed by atoms with Crippen molar-refractivity contribution in [2.24, 2.45) is 0 Å². The summed E-state index contributed by atoms with van der Waals surface area (Å²) >= 11 is 0. The van der Waals surface area contributed by atoms with E-state index in [0.29, 0.717) is 28.8 Å². The van der Waals surface area contributed by atoms with E-state index in [9.17, 15) is 5.11 Å². The van der Waals surface area contributed by atoms with Gasteiger partial charge in [0.25, 0.3) is 0 Å². The second-order valence-electron chi connectivity index (χ2n) is 10.2. The standard InChI is InChI=1S/C33H24N6O3/c1-19-27-28(20-12-14-24(41-2)15-13-20)29-31-35-30(25-16-21-8-6-7-9-22(21)17-26(25)40)37-38(31)18-34-32(29)42-33(27)39(36-19)23-10-4-3-5-11-23/h3-18,28,40H,1-2H3. The predicted molar refractivity (Wildman–Crippen MR) is 158 cm³/mol. The molecule has 1 aliphatic heterocycles. The number of phenols is 1. The first kappa shape index (κ1) is 24.1. The first-order valence-electron chi connectivity index (χ1n) is 13.5. The van der Waals surface area contributed by atoms with Gasteiger partial charge in [-0.3, -0.25) is 0 Å². The molecule has 8 rings (SSSR count). The van der Waals surface area contributed by atoms with E-state index in [2.05, 4.69) is 4.98 Å². The molecule has 0 spiro atoms. The van der Waals surface area contributed by atoms with Gasteiger partial charge in [-0.1, -0.05) is 54.6 Å². The molecule has 0 amide bonds. The Morgan fingerprint density at radius 1 is 0.857 bits per heavy atom. The molecular formula is C33H24N6O3. The summed E-state index contributed by atoms with van der Waals surface area (Å²) in [7, 11) is 1.65. The molecule has 9 heteroatoms. The predicted octanol–water partition coefficient (Wildman–Crippen LogP) is 6.44. The van der Waals surface area contributed by atoms with E-state index in [1.807, 2.05) is 96.5 Å². The van der Waals surface area contributed by atoms with Crippen molar-refractivity contribution >= 4 is 16.4 Å². The maximum Gasteiger partial charge on any atom is 0.230 e. The number of hydrogen-bond acceptors (Lipinski definition) is 7. The molecule has 0 bridgehead atoms. The highest BCUT2D eigenvalue weighted by atomic mass is 16.5. The van der Waals surface area contributed by atoms with Gasteiger partial charge in [-0.2, -0.15) is 5.10 Å². The van der Waals surface area contributed by atoms with Crippen LogP contribution in [0.25, 0.3) is 33.5 Å².